The number of hydrogen-bond donors (Lipinski definition) is 1. The molecular weight excluding hydrogens is 278 g/mol. The normalized spacial score (nSPS) is 13.3. The van der Waals surface area contributed by atoms with Crippen molar-refractivity contribution >= 4 is 16.0 Å². The second-order valence-corrected chi connectivity index (χ2v) is 6.83. The number of rotatable bonds is 8. The number of carbonyl (C=O) groups is 1. The summed E-state index contributed by atoms with van der Waals surface area (Å²) in [7, 11) is -3.57. The van der Waals surface area contributed by atoms with Gasteiger partial charge in [0.1, 0.15) is 6.54 Å². The largest absolute Gasteiger partial charge is 0.480 e. The molecule has 0 saturated carbocycles. The lowest BCUT2D eigenvalue weighted by Gasteiger charge is -2.22. The Morgan fingerprint density at radius 1 is 1.30 bits per heavy atom. The van der Waals surface area contributed by atoms with Crippen LogP contribution >= 0.6 is 0 Å². The maximum Gasteiger partial charge on any atom is 0.318 e. The maximum atomic E-state index is 12.3. The standard InChI is InChI=1S/C14H21NO4S/c1-3-9-15(10-14(16)17)20(18,19)11-12(2)13-7-5-4-6-8-13/h4-8,12H,3,9-11H2,1-2H3,(H,16,17). The zero-order valence-corrected chi connectivity index (χ0v) is 12.6. The van der Waals surface area contributed by atoms with Crippen LogP contribution in [0.15, 0.2) is 30.3 Å². The van der Waals surface area contributed by atoms with Crippen molar-refractivity contribution in [1.29, 1.82) is 0 Å². The first kappa shape index (κ1) is 16.7. The number of hydrogen-bond acceptors (Lipinski definition) is 3. The van der Waals surface area contributed by atoms with Gasteiger partial charge in [0.05, 0.1) is 5.75 Å². The minimum atomic E-state index is -3.57. The van der Waals surface area contributed by atoms with Crippen LogP contribution in [0.1, 0.15) is 31.7 Å². The summed E-state index contributed by atoms with van der Waals surface area (Å²) in [5.74, 6) is -1.38. The molecule has 1 rings (SSSR count). The molecule has 0 radical (unpaired) electrons. The smallest absolute Gasteiger partial charge is 0.318 e. The first-order valence-corrected chi connectivity index (χ1v) is 8.22. The van der Waals surface area contributed by atoms with E-state index >= 15 is 0 Å². The van der Waals surface area contributed by atoms with Gasteiger partial charge in [0.2, 0.25) is 10.0 Å². The molecule has 1 aromatic carbocycles. The molecular formula is C14H21NO4S. The van der Waals surface area contributed by atoms with Crippen molar-refractivity contribution < 1.29 is 18.3 Å². The topological polar surface area (TPSA) is 74.7 Å². The van der Waals surface area contributed by atoms with Crippen molar-refractivity contribution in [3.05, 3.63) is 35.9 Å². The lowest BCUT2D eigenvalue weighted by Crippen LogP contribution is -2.38. The van der Waals surface area contributed by atoms with Gasteiger partial charge in [-0.3, -0.25) is 4.79 Å². The van der Waals surface area contributed by atoms with Gasteiger partial charge in [-0.25, -0.2) is 8.42 Å². The van der Waals surface area contributed by atoms with E-state index in [0.29, 0.717) is 6.42 Å². The van der Waals surface area contributed by atoms with E-state index in [-0.39, 0.29) is 18.2 Å². The van der Waals surface area contributed by atoms with E-state index in [1.807, 2.05) is 44.2 Å². The Bertz CT molecular complexity index is 527. The van der Waals surface area contributed by atoms with E-state index < -0.39 is 22.5 Å². The zero-order chi connectivity index (χ0) is 15.2. The fourth-order valence-electron chi connectivity index (χ4n) is 2.02. The van der Waals surface area contributed by atoms with Crippen LogP contribution < -0.4 is 0 Å². The number of aliphatic carboxylic acids is 1. The average molecular weight is 299 g/mol. The molecule has 112 valence electrons. The minimum Gasteiger partial charge on any atom is -0.480 e. The molecule has 0 aliphatic heterocycles. The molecule has 6 heteroatoms. The van der Waals surface area contributed by atoms with E-state index in [2.05, 4.69) is 0 Å². The molecule has 0 amide bonds. The summed E-state index contributed by atoms with van der Waals surface area (Å²) in [4.78, 5) is 10.8. The van der Waals surface area contributed by atoms with Gasteiger partial charge in [0.15, 0.2) is 0 Å². The molecule has 0 saturated heterocycles. The molecule has 1 aromatic rings. The van der Waals surface area contributed by atoms with Gasteiger partial charge in [-0.05, 0) is 17.9 Å². The second-order valence-electron chi connectivity index (χ2n) is 4.82. The highest BCUT2D eigenvalue weighted by Gasteiger charge is 2.26. The second kappa shape index (κ2) is 7.40. The average Bonchev–Trinajstić information content (AvgIpc) is 2.38. The number of carboxylic acid groups (broad SMARTS) is 1. The molecule has 0 aliphatic rings. The molecule has 0 aliphatic carbocycles. The maximum absolute atomic E-state index is 12.3. The van der Waals surface area contributed by atoms with Crippen molar-refractivity contribution in [1.82, 2.24) is 4.31 Å². The highest BCUT2D eigenvalue weighted by atomic mass is 32.2. The fraction of sp³-hybridized carbons (Fsp3) is 0.500. The van der Waals surface area contributed by atoms with E-state index in [1.54, 1.807) is 0 Å². The Kier molecular flexibility index (Phi) is 6.16. The predicted octanol–water partition coefficient (Wildman–Crippen LogP) is 1.92. The Morgan fingerprint density at radius 3 is 2.40 bits per heavy atom. The summed E-state index contributed by atoms with van der Waals surface area (Å²) in [6, 6.07) is 9.35. The first-order chi connectivity index (χ1) is 9.36. The number of benzene rings is 1. The Balaban J connectivity index is 2.83. The third-order valence-corrected chi connectivity index (χ3v) is 5.03. The monoisotopic (exact) mass is 299 g/mol. The fourth-order valence-corrected chi connectivity index (χ4v) is 3.82. The third kappa shape index (κ3) is 4.94. The van der Waals surface area contributed by atoms with E-state index in [4.69, 9.17) is 5.11 Å². The van der Waals surface area contributed by atoms with Gasteiger partial charge in [0.25, 0.3) is 0 Å². The van der Waals surface area contributed by atoms with Crippen molar-refractivity contribution in [3.8, 4) is 0 Å². The Hall–Kier alpha value is -1.40. The molecule has 5 nitrogen and oxygen atoms in total. The van der Waals surface area contributed by atoms with Crippen LogP contribution in [0.25, 0.3) is 0 Å². The molecule has 0 spiro atoms. The molecule has 1 N–H and O–H groups in total. The lowest BCUT2D eigenvalue weighted by atomic mass is 10.0. The summed E-state index contributed by atoms with van der Waals surface area (Å²) in [5, 5.41) is 8.82. The van der Waals surface area contributed by atoms with E-state index in [9.17, 15) is 13.2 Å². The molecule has 0 heterocycles. The molecule has 0 fully saturated rings. The SMILES string of the molecule is CCCN(CC(=O)O)S(=O)(=O)CC(C)c1ccccc1. The van der Waals surface area contributed by atoms with Crippen LogP contribution in [0.4, 0.5) is 0 Å². The van der Waals surface area contributed by atoms with Gasteiger partial charge in [0, 0.05) is 6.54 Å². The van der Waals surface area contributed by atoms with Crippen molar-refractivity contribution in [2.24, 2.45) is 0 Å². The highest BCUT2D eigenvalue weighted by molar-refractivity contribution is 7.89. The zero-order valence-electron chi connectivity index (χ0n) is 11.8. The third-order valence-electron chi connectivity index (χ3n) is 3.01. The molecule has 1 atom stereocenters. The predicted molar refractivity (Wildman–Crippen MR) is 78.1 cm³/mol. The molecule has 0 bridgehead atoms. The Morgan fingerprint density at radius 2 is 1.90 bits per heavy atom. The van der Waals surface area contributed by atoms with Crippen molar-refractivity contribution in [2.75, 3.05) is 18.8 Å². The number of sulfonamides is 1. The van der Waals surface area contributed by atoms with Gasteiger partial charge < -0.3 is 5.11 Å². The van der Waals surface area contributed by atoms with Crippen molar-refractivity contribution in [2.45, 2.75) is 26.2 Å². The van der Waals surface area contributed by atoms with Crippen LogP contribution in [0, 0.1) is 0 Å². The summed E-state index contributed by atoms with van der Waals surface area (Å²) in [6.07, 6.45) is 0.590. The van der Waals surface area contributed by atoms with Crippen LogP contribution in [-0.4, -0.2) is 42.6 Å². The van der Waals surface area contributed by atoms with E-state index in [0.717, 1.165) is 9.87 Å². The van der Waals surface area contributed by atoms with E-state index in [1.165, 1.54) is 0 Å². The van der Waals surface area contributed by atoms with Crippen LogP contribution in [0.3, 0.4) is 0 Å². The molecule has 20 heavy (non-hydrogen) atoms. The van der Waals surface area contributed by atoms with Crippen LogP contribution in [0.5, 0.6) is 0 Å². The summed E-state index contributed by atoms with van der Waals surface area (Å²) in [5.41, 5.74) is 0.933. The Labute approximate surface area is 120 Å². The van der Waals surface area contributed by atoms with Gasteiger partial charge in [-0.1, -0.05) is 44.2 Å². The summed E-state index contributed by atoms with van der Waals surface area (Å²) < 4.78 is 25.7. The van der Waals surface area contributed by atoms with Gasteiger partial charge in [-0.2, -0.15) is 4.31 Å². The first-order valence-electron chi connectivity index (χ1n) is 6.61. The molecule has 1 unspecified atom stereocenters. The summed E-state index contributed by atoms with van der Waals surface area (Å²) >= 11 is 0. The minimum absolute atomic E-state index is 0.0791. The van der Waals surface area contributed by atoms with Gasteiger partial charge >= 0.3 is 5.97 Å². The van der Waals surface area contributed by atoms with Crippen LogP contribution in [0.2, 0.25) is 0 Å². The highest BCUT2D eigenvalue weighted by Crippen LogP contribution is 2.18. The van der Waals surface area contributed by atoms with Crippen LogP contribution in [-0.2, 0) is 14.8 Å². The summed E-state index contributed by atoms with van der Waals surface area (Å²) in [6.45, 7) is 3.41. The lowest BCUT2D eigenvalue weighted by molar-refractivity contribution is -0.137. The number of nitrogens with zero attached hydrogens (tertiary/aromatic N) is 1. The molecule has 0 aromatic heterocycles. The quantitative estimate of drug-likeness (QED) is 0.795. The number of carboxylic acids is 1. The van der Waals surface area contributed by atoms with Gasteiger partial charge in [-0.15, -0.1) is 0 Å². The van der Waals surface area contributed by atoms with Crippen molar-refractivity contribution in [3.63, 3.8) is 0 Å².